The van der Waals surface area contributed by atoms with E-state index in [-0.39, 0.29) is 27.8 Å². The van der Waals surface area contributed by atoms with Crippen LogP contribution in [-0.2, 0) is 10.0 Å². The smallest absolute Gasteiger partial charge is 0.335 e. The van der Waals surface area contributed by atoms with Crippen LogP contribution in [0.2, 0.25) is 0 Å². The second-order valence-electron chi connectivity index (χ2n) is 5.77. The van der Waals surface area contributed by atoms with Crippen molar-refractivity contribution < 1.29 is 23.1 Å². The summed E-state index contributed by atoms with van der Waals surface area (Å²) in [5.74, 6) is -1.62. The first kappa shape index (κ1) is 19.5. The molecule has 1 atom stereocenters. The van der Waals surface area contributed by atoms with Crippen molar-refractivity contribution in [2.24, 2.45) is 0 Å². The molecule has 1 amide bonds. The highest BCUT2D eigenvalue weighted by molar-refractivity contribution is 7.92. The first-order chi connectivity index (χ1) is 12.2. The Labute approximate surface area is 152 Å². The van der Waals surface area contributed by atoms with Crippen molar-refractivity contribution in [1.29, 1.82) is 0 Å². The largest absolute Gasteiger partial charge is 0.478 e. The molecule has 0 saturated heterocycles. The standard InChI is InChI=1S/C18H20N2O5S/c1-3-12(2)19-17(21)15-9-4-5-10-16(15)20-26(24,25)14-8-6-7-13(11-14)18(22)23/h4-12,20H,3H2,1-2H3,(H,19,21)(H,22,23)/t12-/m0/s1. The number of amides is 1. The molecule has 0 bridgehead atoms. The summed E-state index contributed by atoms with van der Waals surface area (Å²) in [6, 6.07) is 11.2. The quantitative estimate of drug-likeness (QED) is 0.688. The second kappa shape index (κ2) is 8.01. The van der Waals surface area contributed by atoms with E-state index in [1.54, 1.807) is 12.1 Å². The molecule has 0 aromatic heterocycles. The Morgan fingerprint density at radius 2 is 1.81 bits per heavy atom. The lowest BCUT2D eigenvalue weighted by atomic mass is 10.1. The molecule has 0 unspecified atom stereocenters. The van der Waals surface area contributed by atoms with E-state index in [2.05, 4.69) is 10.0 Å². The summed E-state index contributed by atoms with van der Waals surface area (Å²) in [5, 5.41) is 11.8. The molecular formula is C18H20N2O5S. The number of carboxylic acids is 1. The van der Waals surface area contributed by atoms with Crippen LogP contribution in [-0.4, -0.2) is 31.4 Å². The Hall–Kier alpha value is -2.87. The van der Waals surface area contributed by atoms with Gasteiger partial charge in [0.15, 0.2) is 0 Å². The zero-order chi connectivity index (χ0) is 19.3. The fourth-order valence-corrected chi connectivity index (χ4v) is 3.30. The number of hydrogen-bond donors (Lipinski definition) is 3. The molecule has 2 aromatic rings. The molecule has 3 N–H and O–H groups in total. The van der Waals surface area contributed by atoms with Gasteiger partial charge < -0.3 is 10.4 Å². The number of para-hydroxylation sites is 1. The van der Waals surface area contributed by atoms with Gasteiger partial charge in [-0.2, -0.15) is 0 Å². The number of carboxylic acid groups (broad SMARTS) is 1. The van der Waals surface area contributed by atoms with Crippen molar-refractivity contribution in [1.82, 2.24) is 5.32 Å². The van der Waals surface area contributed by atoms with Gasteiger partial charge in [-0.1, -0.05) is 25.1 Å². The van der Waals surface area contributed by atoms with Crippen LogP contribution >= 0.6 is 0 Å². The van der Waals surface area contributed by atoms with Crippen LogP contribution in [0.25, 0.3) is 0 Å². The second-order valence-corrected chi connectivity index (χ2v) is 7.45. The average Bonchev–Trinajstić information content (AvgIpc) is 2.61. The molecule has 0 aliphatic heterocycles. The van der Waals surface area contributed by atoms with Crippen molar-refractivity contribution in [3.63, 3.8) is 0 Å². The maximum absolute atomic E-state index is 12.6. The van der Waals surface area contributed by atoms with Crippen LogP contribution in [0.15, 0.2) is 53.4 Å². The van der Waals surface area contributed by atoms with E-state index in [1.165, 1.54) is 30.3 Å². The van der Waals surface area contributed by atoms with Gasteiger partial charge in [0.05, 0.1) is 21.7 Å². The number of carbonyl (C=O) groups is 2. The number of benzene rings is 2. The summed E-state index contributed by atoms with van der Waals surface area (Å²) in [7, 11) is -4.05. The lowest BCUT2D eigenvalue weighted by Gasteiger charge is -2.15. The third kappa shape index (κ3) is 4.60. The molecule has 0 fully saturated rings. The summed E-state index contributed by atoms with van der Waals surface area (Å²) >= 11 is 0. The van der Waals surface area contributed by atoms with Crippen molar-refractivity contribution in [2.45, 2.75) is 31.2 Å². The highest BCUT2D eigenvalue weighted by Gasteiger charge is 2.20. The summed E-state index contributed by atoms with van der Waals surface area (Å²) in [5.41, 5.74) is 0.162. The van der Waals surface area contributed by atoms with Crippen molar-refractivity contribution in [3.05, 3.63) is 59.7 Å². The maximum atomic E-state index is 12.6. The molecule has 7 nitrogen and oxygen atoms in total. The minimum atomic E-state index is -4.05. The van der Waals surface area contributed by atoms with E-state index < -0.39 is 21.9 Å². The van der Waals surface area contributed by atoms with Gasteiger partial charge in [-0.05, 0) is 43.7 Å². The molecule has 0 spiro atoms. The molecule has 0 aliphatic carbocycles. The van der Waals surface area contributed by atoms with Gasteiger partial charge in [0.2, 0.25) is 0 Å². The molecule has 2 rings (SSSR count). The van der Waals surface area contributed by atoms with Gasteiger partial charge in [0.1, 0.15) is 0 Å². The summed E-state index contributed by atoms with van der Waals surface area (Å²) in [6.45, 7) is 3.77. The zero-order valence-corrected chi connectivity index (χ0v) is 15.2. The van der Waals surface area contributed by atoms with Crippen LogP contribution in [0.4, 0.5) is 5.69 Å². The summed E-state index contributed by atoms with van der Waals surface area (Å²) < 4.78 is 27.5. The van der Waals surface area contributed by atoms with Crippen LogP contribution < -0.4 is 10.0 Å². The summed E-state index contributed by atoms with van der Waals surface area (Å²) in [6.07, 6.45) is 0.738. The van der Waals surface area contributed by atoms with Crippen molar-refractivity contribution in [3.8, 4) is 0 Å². The number of anilines is 1. The fraction of sp³-hybridized carbons (Fsp3) is 0.222. The fourth-order valence-electron chi connectivity index (χ4n) is 2.17. The minimum Gasteiger partial charge on any atom is -0.478 e. The average molecular weight is 376 g/mol. The Morgan fingerprint density at radius 1 is 1.12 bits per heavy atom. The molecule has 0 radical (unpaired) electrons. The van der Waals surface area contributed by atoms with Gasteiger partial charge in [0, 0.05) is 6.04 Å². The van der Waals surface area contributed by atoms with E-state index in [9.17, 15) is 18.0 Å². The molecule has 138 valence electrons. The molecule has 2 aromatic carbocycles. The normalized spacial score (nSPS) is 12.2. The first-order valence-corrected chi connectivity index (χ1v) is 9.49. The number of aromatic carboxylic acids is 1. The predicted molar refractivity (Wildman–Crippen MR) is 97.9 cm³/mol. The number of nitrogens with one attached hydrogen (secondary N) is 2. The highest BCUT2D eigenvalue weighted by Crippen LogP contribution is 2.21. The van der Waals surface area contributed by atoms with Gasteiger partial charge in [-0.25, -0.2) is 13.2 Å². The monoisotopic (exact) mass is 376 g/mol. The zero-order valence-electron chi connectivity index (χ0n) is 14.4. The van der Waals surface area contributed by atoms with E-state index in [4.69, 9.17) is 5.11 Å². The van der Waals surface area contributed by atoms with E-state index in [0.717, 1.165) is 12.5 Å². The number of sulfonamides is 1. The molecule has 8 heteroatoms. The van der Waals surface area contributed by atoms with Crippen LogP contribution in [0.1, 0.15) is 41.0 Å². The number of carbonyl (C=O) groups excluding carboxylic acids is 1. The Morgan fingerprint density at radius 3 is 2.46 bits per heavy atom. The number of hydrogen-bond acceptors (Lipinski definition) is 4. The lowest BCUT2D eigenvalue weighted by Crippen LogP contribution is -2.32. The third-order valence-electron chi connectivity index (χ3n) is 3.80. The SMILES string of the molecule is CC[C@H](C)NC(=O)c1ccccc1NS(=O)(=O)c1cccc(C(=O)O)c1. The van der Waals surface area contributed by atoms with Gasteiger partial charge in [-0.3, -0.25) is 9.52 Å². The van der Waals surface area contributed by atoms with E-state index in [1.807, 2.05) is 13.8 Å². The molecule has 0 aliphatic rings. The van der Waals surface area contributed by atoms with Crippen molar-refractivity contribution in [2.75, 3.05) is 4.72 Å². The van der Waals surface area contributed by atoms with Crippen LogP contribution in [0, 0.1) is 0 Å². The molecular weight excluding hydrogens is 356 g/mol. The van der Waals surface area contributed by atoms with Gasteiger partial charge in [-0.15, -0.1) is 0 Å². The maximum Gasteiger partial charge on any atom is 0.335 e. The van der Waals surface area contributed by atoms with E-state index in [0.29, 0.717) is 0 Å². The topological polar surface area (TPSA) is 113 Å². The van der Waals surface area contributed by atoms with Crippen molar-refractivity contribution >= 4 is 27.6 Å². The summed E-state index contributed by atoms with van der Waals surface area (Å²) in [4.78, 5) is 23.2. The third-order valence-corrected chi connectivity index (χ3v) is 5.16. The Bertz CT molecular complexity index is 925. The van der Waals surface area contributed by atoms with Gasteiger partial charge in [0.25, 0.3) is 15.9 Å². The minimum absolute atomic E-state index is 0.0561. The molecule has 0 saturated carbocycles. The molecule has 26 heavy (non-hydrogen) atoms. The highest BCUT2D eigenvalue weighted by atomic mass is 32.2. The Balaban J connectivity index is 2.34. The lowest BCUT2D eigenvalue weighted by molar-refractivity contribution is 0.0696. The van der Waals surface area contributed by atoms with Crippen LogP contribution in [0.3, 0.4) is 0 Å². The van der Waals surface area contributed by atoms with Gasteiger partial charge >= 0.3 is 5.97 Å². The predicted octanol–water partition coefficient (Wildman–Crippen LogP) is 2.71. The van der Waals surface area contributed by atoms with Crippen LogP contribution in [0.5, 0.6) is 0 Å². The number of rotatable bonds is 7. The Kier molecular flexibility index (Phi) is 5.99. The van der Waals surface area contributed by atoms with E-state index >= 15 is 0 Å². The molecule has 0 heterocycles. The first-order valence-electron chi connectivity index (χ1n) is 8.00.